The number of hydrogen-bond acceptors (Lipinski definition) is 2. The maximum atomic E-state index is 12.2. The third-order valence-corrected chi connectivity index (χ3v) is 4.52. The Balaban J connectivity index is 2.30. The second-order valence-corrected chi connectivity index (χ2v) is 6.47. The van der Waals surface area contributed by atoms with E-state index in [0.717, 1.165) is 20.5 Å². The molecule has 6 nitrogen and oxygen atoms in total. The summed E-state index contributed by atoms with van der Waals surface area (Å²) in [5, 5.41) is 10.9. The molecule has 0 spiro atoms. The average Bonchev–Trinajstić information content (AvgIpc) is 2.99. The SMILES string of the molecule is Cc1[nH][nH]c(=O)c1C(c1ccc(I)cc1)c1c(C)[nH][nH]c1=O. The van der Waals surface area contributed by atoms with Crippen molar-refractivity contribution in [3.8, 4) is 0 Å². The highest BCUT2D eigenvalue weighted by Gasteiger charge is 2.27. The molecule has 0 aliphatic rings. The lowest BCUT2D eigenvalue weighted by molar-refractivity contribution is 0.931. The first-order valence-electron chi connectivity index (χ1n) is 6.78. The van der Waals surface area contributed by atoms with Gasteiger partial charge in [0.2, 0.25) is 0 Å². The Morgan fingerprint density at radius 1 is 0.818 bits per heavy atom. The van der Waals surface area contributed by atoms with Crippen LogP contribution in [0.5, 0.6) is 0 Å². The number of aromatic amines is 4. The summed E-state index contributed by atoms with van der Waals surface area (Å²) < 4.78 is 1.10. The van der Waals surface area contributed by atoms with Gasteiger partial charge in [0.25, 0.3) is 11.1 Å². The molecule has 2 heterocycles. The van der Waals surface area contributed by atoms with Crippen molar-refractivity contribution >= 4 is 22.6 Å². The normalized spacial score (nSPS) is 11.3. The third kappa shape index (κ3) is 2.45. The molecule has 114 valence electrons. The highest BCUT2D eigenvalue weighted by molar-refractivity contribution is 14.1. The van der Waals surface area contributed by atoms with E-state index in [0.29, 0.717) is 11.1 Å². The monoisotopic (exact) mass is 410 g/mol. The molecule has 0 saturated heterocycles. The molecule has 3 aromatic rings. The smallest absolute Gasteiger partial charge is 0.268 e. The summed E-state index contributed by atoms with van der Waals surface area (Å²) >= 11 is 2.23. The van der Waals surface area contributed by atoms with E-state index in [1.807, 2.05) is 38.1 Å². The Morgan fingerprint density at radius 3 is 1.64 bits per heavy atom. The fourth-order valence-electron chi connectivity index (χ4n) is 2.74. The van der Waals surface area contributed by atoms with Gasteiger partial charge in [-0.3, -0.25) is 19.8 Å². The summed E-state index contributed by atoms with van der Waals surface area (Å²) in [7, 11) is 0. The molecule has 4 N–H and O–H groups in total. The molecule has 22 heavy (non-hydrogen) atoms. The van der Waals surface area contributed by atoms with Gasteiger partial charge in [-0.05, 0) is 54.1 Å². The van der Waals surface area contributed by atoms with Crippen LogP contribution in [-0.2, 0) is 0 Å². The number of halogens is 1. The first-order valence-corrected chi connectivity index (χ1v) is 7.86. The second kappa shape index (κ2) is 5.64. The lowest BCUT2D eigenvalue weighted by Gasteiger charge is -2.15. The van der Waals surface area contributed by atoms with Gasteiger partial charge in [-0.25, -0.2) is 0 Å². The fraction of sp³-hybridized carbons (Fsp3) is 0.200. The second-order valence-electron chi connectivity index (χ2n) is 5.22. The van der Waals surface area contributed by atoms with Crippen molar-refractivity contribution in [2.24, 2.45) is 0 Å². The molecule has 7 heteroatoms. The van der Waals surface area contributed by atoms with Crippen molar-refractivity contribution in [3.05, 3.63) is 76.6 Å². The molecule has 0 fully saturated rings. The van der Waals surface area contributed by atoms with Crippen LogP contribution in [0, 0.1) is 17.4 Å². The van der Waals surface area contributed by atoms with E-state index in [-0.39, 0.29) is 11.1 Å². The molecule has 0 aliphatic carbocycles. The predicted octanol–water partition coefficient (Wildman–Crippen LogP) is 2.12. The minimum absolute atomic E-state index is 0.207. The average molecular weight is 410 g/mol. The standard InChI is InChI=1S/C15H15IN4O2/c1-7-11(14(21)19-17-7)13(9-3-5-10(16)6-4-9)12-8(2)18-20-15(12)22/h3-6,13H,1-2H3,(H2,17,19,21)(H2,18,20,22). The van der Waals surface area contributed by atoms with Crippen LogP contribution in [0.25, 0.3) is 0 Å². The van der Waals surface area contributed by atoms with E-state index in [1.165, 1.54) is 0 Å². The van der Waals surface area contributed by atoms with Gasteiger partial charge >= 0.3 is 0 Å². The van der Waals surface area contributed by atoms with Gasteiger partial charge < -0.3 is 10.2 Å². The van der Waals surface area contributed by atoms with E-state index in [2.05, 4.69) is 43.0 Å². The third-order valence-electron chi connectivity index (χ3n) is 3.81. The molecule has 0 aliphatic heterocycles. The van der Waals surface area contributed by atoms with Crippen molar-refractivity contribution < 1.29 is 0 Å². The Kier molecular flexibility index (Phi) is 3.81. The summed E-state index contributed by atoms with van der Waals surface area (Å²) in [5.41, 5.74) is 3.08. The van der Waals surface area contributed by atoms with E-state index in [9.17, 15) is 9.59 Å². The van der Waals surface area contributed by atoms with Crippen LogP contribution in [0.2, 0.25) is 0 Å². The van der Waals surface area contributed by atoms with Gasteiger partial charge in [-0.2, -0.15) is 0 Å². The zero-order valence-electron chi connectivity index (χ0n) is 12.1. The lowest BCUT2D eigenvalue weighted by Crippen LogP contribution is -2.20. The molecule has 0 bridgehead atoms. The molecule has 2 aromatic heterocycles. The van der Waals surface area contributed by atoms with Crippen molar-refractivity contribution in [1.29, 1.82) is 0 Å². The van der Waals surface area contributed by atoms with Crippen molar-refractivity contribution in [2.75, 3.05) is 0 Å². The van der Waals surface area contributed by atoms with Crippen molar-refractivity contribution in [3.63, 3.8) is 0 Å². The molecule has 3 rings (SSSR count). The largest absolute Gasteiger partial charge is 0.302 e. The molecule has 1 aromatic carbocycles. The van der Waals surface area contributed by atoms with Crippen LogP contribution in [0.1, 0.15) is 34.0 Å². The topological polar surface area (TPSA) is 97.3 Å². The van der Waals surface area contributed by atoms with Crippen LogP contribution < -0.4 is 11.1 Å². The summed E-state index contributed by atoms with van der Waals surface area (Å²) in [6.45, 7) is 3.65. The molecule has 0 atom stereocenters. The van der Waals surface area contributed by atoms with Crippen LogP contribution in [0.15, 0.2) is 33.9 Å². The Bertz CT molecular complexity index is 860. The predicted molar refractivity (Wildman–Crippen MR) is 92.4 cm³/mol. The van der Waals surface area contributed by atoms with E-state index in [1.54, 1.807) is 0 Å². The van der Waals surface area contributed by atoms with E-state index < -0.39 is 5.92 Å². The van der Waals surface area contributed by atoms with Crippen LogP contribution in [-0.4, -0.2) is 20.4 Å². The van der Waals surface area contributed by atoms with Crippen LogP contribution in [0.3, 0.4) is 0 Å². The quantitative estimate of drug-likeness (QED) is 0.498. The molecule has 0 radical (unpaired) electrons. The Morgan fingerprint density at radius 2 is 1.27 bits per heavy atom. The first-order chi connectivity index (χ1) is 10.5. The molecule has 0 unspecified atom stereocenters. The van der Waals surface area contributed by atoms with Gasteiger partial charge in [0.1, 0.15) is 0 Å². The van der Waals surface area contributed by atoms with Crippen LogP contribution in [0.4, 0.5) is 0 Å². The van der Waals surface area contributed by atoms with Gasteiger partial charge in [0, 0.05) is 20.9 Å². The summed E-state index contributed by atoms with van der Waals surface area (Å²) in [6.07, 6.45) is 0. The maximum absolute atomic E-state index is 12.2. The molecular weight excluding hydrogens is 395 g/mol. The number of benzene rings is 1. The van der Waals surface area contributed by atoms with Gasteiger partial charge in [0.15, 0.2) is 0 Å². The zero-order valence-corrected chi connectivity index (χ0v) is 14.2. The number of aromatic nitrogens is 4. The molecule has 0 amide bonds. The number of rotatable bonds is 3. The number of H-pyrrole nitrogens is 4. The van der Waals surface area contributed by atoms with Gasteiger partial charge in [-0.15, -0.1) is 0 Å². The Labute approximate surface area is 139 Å². The van der Waals surface area contributed by atoms with Gasteiger partial charge in [-0.1, -0.05) is 12.1 Å². The lowest BCUT2D eigenvalue weighted by atomic mass is 9.85. The number of hydrogen-bond donors (Lipinski definition) is 4. The van der Waals surface area contributed by atoms with Gasteiger partial charge in [0.05, 0.1) is 11.1 Å². The highest BCUT2D eigenvalue weighted by Crippen LogP contribution is 2.31. The van der Waals surface area contributed by atoms with Crippen molar-refractivity contribution in [1.82, 2.24) is 20.4 Å². The number of aryl methyl sites for hydroxylation is 2. The minimum Gasteiger partial charge on any atom is -0.302 e. The van der Waals surface area contributed by atoms with Crippen molar-refractivity contribution in [2.45, 2.75) is 19.8 Å². The van der Waals surface area contributed by atoms with E-state index >= 15 is 0 Å². The molecular formula is C15H15IN4O2. The summed E-state index contributed by atoms with van der Waals surface area (Å²) in [4.78, 5) is 24.5. The molecule has 0 saturated carbocycles. The van der Waals surface area contributed by atoms with Crippen LogP contribution >= 0.6 is 22.6 Å². The first kappa shape index (κ1) is 14.9. The highest BCUT2D eigenvalue weighted by atomic mass is 127. The maximum Gasteiger partial charge on any atom is 0.268 e. The summed E-state index contributed by atoms with van der Waals surface area (Å²) in [5.74, 6) is -0.415. The Hall–Kier alpha value is -2.03. The fourth-order valence-corrected chi connectivity index (χ4v) is 3.10. The van der Waals surface area contributed by atoms with E-state index in [4.69, 9.17) is 0 Å². The zero-order chi connectivity index (χ0) is 15.9. The minimum atomic E-state index is -0.415. The number of nitrogens with one attached hydrogen (secondary N) is 4. The summed E-state index contributed by atoms with van der Waals surface area (Å²) in [6, 6.07) is 7.83.